The lowest BCUT2D eigenvalue weighted by molar-refractivity contribution is -0.302. The molecular formula is C48H93NO8. The summed E-state index contributed by atoms with van der Waals surface area (Å²) in [5.74, 6) is -0.175. The van der Waals surface area contributed by atoms with E-state index in [0.29, 0.717) is 6.42 Å². The molecule has 0 saturated carbocycles. The molecule has 1 aliphatic heterocycles. The predicted octanol–water partition coefficient (Wildman–Crippen LogP) is 10.5. The van der Waals surface area contributed by atoms with E-state index in [2.05, 4.69) is 19.2 Å². The molecular weight excluding hydrogens is 719 g/mol. The van der Waals surface area contributed by atoms with Crippen LogP contribution < -0.4 is 5.32 Å². The van der Waals surface area contributed by atoms with Crippen molar-refractivity contribution in [2.24, 2.45) is 0 Å². The molecule has 338 valence electrons. The van der Waals surface area contributed by atoms with Crippen molar-refractivity contribution in [2.75, 3.05) is 13.2 Å². The molecule has 2 unspecified atom stereocenters. The van der Waals surface area contributed by atoms with Crippen molar-refractivity contribution in [2.45, 2.75) is 275 Å². The molecule has 1 heterocycles. The second kappa shape index (κ2) is 39.1. The average molecular weight is 812 g/mol. The lowest BCUT2D eigenvalue weighted by atomic mass is 9.99. The van der Waals surface area contributed by atoms with E-state index >= 15 is 0 Å². The predicted molar refractivity (Wildman–Crippen MR) is 235 cm³/mol. The lowest BCUT2D eigenvalue weighted by Crippen LogP contribution is -2.60. The minimum Gasteiger partial charge on any atom is -0.394 e. The van der Waals surface area contributed by atoms with Crippen molar-refractivity contribution in [3.63, 3.8) is 0 Å². The Morgan fingerprint density at radius 3 is 1.37 bits per heavy atom. The maximum absolute atomic E-state index is 12.9. The molecule has 9 nitrogen and oxygen atoms in total. The summed E-state index contributed by atoms with van der Waals surface area (Å²) in [6.07, 6.45) is 38.6. The molecule has 0 bridgehead atoms. The Morgan fingerprint density at radius 2 is 0.965 bits per heavy atom. The average Bonchev–Trinajstić information content (AvgIpc) is 3.21. The van der Waals surface area contributed by atoms with Crippen LogP contribution in [-0.4, -0.2) is 87.5 Å². The summed E-state index contributed by atoms with van der Waals surface area (Å²) in [6, 6.07) is -0.797. The van der Waals surface area contributed by atoms with Crippen molar-refractivity contribution >= 4 is 5.91 Å². The van der Waals surface area contributed by atoms with Gasteiger partial charge in [-0.2, -0.15) is 0 Å². The monoisotopic (exact) mass is 812 g/mol. The zero-order valence-electron chi connectivity index (χ0n) is 37.1. The van der Waals surface area contributed by atoms with E-state index in [1.807, 2.05) is 6.08 Å². The molecule has 7 atom stereocenters. The summed E-state index contributed by atoms with van der Waals surface area (Å²) in [6.45, 7) is 3.76. The lowest BCUT2D eigenvalue weighted by Gasteiger charge is -2.40. The van der Waals surface area contributed by atoms with Gasteiger partial charge in [-0.15, -0.1) is 0 Å². The Balaban J connectivity index is 2.17. The van der Waals surface area contributed by atoms with Gasteiger partial charge in [0.15, 0.2) is 6.29 Å². The van der Waals surface area contributed by atoms with Crippen molar-refractivity contribution < 1.29 is 39.8 Å². The van der Waals surface area contributed by atoms with Gasteiger partial charge >= 0.3 is 0 Å². The summed E-state index contributed by atoms with van der Waals surface area (Å²) in [4.78, 5) is 12.9. The highest BCUT2D eigenvalue weighted by Crippen LogP contribution is 2.23. The van der Waals surface area contributed by atoms with Gasteiger partial charge in [-0.3, -0.25) is 4.79 Å². The Hall–Kier alpha value is -1.07. The van der Waals surface area contributed by atoms with Crippen LogP contribution >= 0.6 is 0 Å². The van der Waals surface area contributed by atoms with Crippen molar-refractivity contribution in [3.8, 4) is 0 Å². The number of amides is 1. The number of carbonyl (C=O) groups excluding carboxylic acids is 1. The third-order valence-electron chi connectivity index (χ3n) is 11.9. The minimum absolute atomic E-state index is 0.175. The highest BCUT2D eigenvalue weighted by atomic mass is 16.7. The first-order valence-electron chi connectivity index (χ1n) is 24.4. The number of carbonyl (C=O) groups is 1. The fourth-order valence-corrected chi connectivity index (χ4v) is 7.92. The topological polar surface area (TPSA) is 149 Å². The molecule has 0 aromatic heterocycles. The fraction of sp³-hybridized carbons (Fsp3) is 0.938. The third kappa shape index (κ3) is 29.7. The van der Waals surface area contributed by atoms with Crippen LogP contribution in [0.4, 0.5) is 0 Å². The number of nitrogens with one attached hydrogen (secondary N) is 1. The van der Waals surface area contributed by atoms with Gasteiger partial charge in [0.1, 0.15) is 24.4 Å². The van der Waals surface area contributed by atoms with Gasteiger partial charge in [-0.25, -0.2) is 0 Å². The summed E-state index contributed by atoms with van der Waals surface area (Å²) < 4.78 is 11.2. The van der Waals surface area contributed by atoms with E-state index in [1.165, 1.54) is 173 Å². The van der Waals surface area contributed by atoms with Gasteiger partial charge in [0.05, 0.1) is 25.4 Å². The van der Waals surface area contributed by atoms with Crippen molar-refractivity contribution in [1.29, 1.82) is 0 Å². The first-order valence-corrected chi connectivity index (χ1v) is 24.4. The van der Waals surface area contributed by atoms with Crippen LogP contribution in [0, 0.1) is 0 Å². The quantitative estimate of drug-likeness (QED) is 0.0264. The molecule has 0 spiro atoms. The van der Waals surface area contributed by atoms with Gasteiger partial charge in [-0.1, -0.05) is 219 Å². The van der Waals surface area contributed by atoms with E-state index in [1.54, 1.807) is 6.08 Å². The zero-order valence-corrected chi connectivity index (χ0v) is 37.1. The Morgan fingerprint density at radius 1 is 0.579 bits per heavy atom. The van der Waals surface area contributed by atoms with E-state index in [-0.39, 0.29) is 12.5 Å². The van der Waals surface area contributed by atoms with E-state index < -0.39 is 49.5 Å². The van der Waals surface area contributed by atoms with E-state index in [0.717, 1.165) is 38.5 Å². The van der Waals surface area contributed by atoms with Gasteiger partial charge in [-0.05, 0) is 19.3 Å². The molecule has 0 aromatic rings. The van der Waals surface area contributed by atoms with Crippen molar-refractivity contribution in [1.82, 2.24) is 5.32 Å². The largest absolute Gasteiger partial charge is 0.394 e. The van der Waals surface area contributed by atoms with Crippen LogP contribution in [0.5, 0.6) is 0 Å². The number of aliphatic hydroxyl groups is 5. The number of unbranched alkanes of at least 4 members (excludes halogenated alkanes) is 31. The second-order valence-corrected chi connectivity index (χ2v) is 17.3. The van der Waals surface area contributed by atoms with Crippen LogP contribution in [0.25, 0.3) is 0 Å². The molecule has 6 N–H and O–H groups in total. The Labute approximate surface area is 350 Å². The Bertz CT molecular complexity index is 904. The minimum atomic E-state index is -1.56. The molecule has 1 aliphatic rings. The van der Waals surface area contributed by atoms with Gasteiger partial charge in [0, 0.05) is 6.42 Å². The zero-order chi connectivity index (χ0) is 41.6. The van der Waals surface area contributed by atoms with E-state index in [4.69, 9.17) is 9.47 Å². The standard InChI is InChI=1S/C48H93NO8/c1-3-5-7-9-11-13-14-15-16-17-18-19-20-21-22-23-24-25-26-27-28-30-32-34-36-38-44(52)49-41(42(51)37-35-33-31-29-12-10-8-6-4-2)40-56-48-47(55)46(54)45(53)43(39-50)57-48/h35,37,41-43,45-48,50-51,53-55H,3-34,36,38-40H2,1-2H3,(H,49,52)/b37-35+/t41-,42+,43+,45-,46?,47?,48+/m0/s1. The highest BCUT2D eigenvalue weighted by Gasteiger charge is 2.44. The molecule has 0 radical (unpaired) electrons. The smallest absolute Gasteiger partial charge is 0.220 e. The number of ether oxygens (including phenoxy) is 2. The van der Waals surface area contributed by atoms with Gasteiger partial charge in [0.25, 0.3) is 0 Å². The molecule has 57 heavy (non-hydrogen) atoms. The first kappa shape index (κ1) is 53.9. The molecule has 1 amide bonds. The fourth-order valence-electron chi connectivity index (χ4n) is 7.92. The maximum Gasteiger partial charge on any atom is 0.220 e. The summed E-state index contributed by atoms with van der Waals surface area (Å²) in [5.41, 5.74) is 0. The van der Waals surface area contributed by atoms with E-state index in [9.17, 15) is 30.3 Å². The van der Waals surface area contributed by atoms with Crippen LogP contribution in [0.2, 0.25) is 0 Å². The molecule has 0 aliphatic carbocycles. The highest BCUT2D eigenvalue weighted by molar-refractivity contribution is 5.76. The molecule has 1 fully saturated rings. The SMILES string of the molecule is CCCCCCCCC/C=C/[C@@H](O)[C@H](CO[C@@H]1O[C@H](CO)[C@H](O)C(O)C1O)NC(=O)CCCCCCCCCCCCCCCCCCCCCCCCCCC. The first-order chi connectivity index (χ1) is 27.8. The Kier molecular flexibility index (Phi) is 37.0. The normalized spacial score (nSPS) is 21.0. The summed E-state index contributed by atoms with van der Waals surface area (Å²) in [7, 11) is 0. The molecule has 9 heteroatoms. The maximum atomic E-state index is 12.9. The van der Waals surface area contributed by atoms with Crippen molar-refractivity contribution in [3.05, 3.63) is 12.2 Å². The number of aliphatic hydroxyl groups excluding tert-OH is 5. The second-order valence-electron chi connectivity index (χ2n) is 17.3. The van der Waals surface area contributed by atoms with Crippen LogP contribution in [0.1, 0.15) is 232 Å². The number of rotatable bonds is 41. The molecule has 1 saturated heterocycles. The number of allylic oxidation sites excluding steroid dienone is 1. The van der Waals surface area contributed by atoms with Gasteiger partial charge < -0.3 is 40.3 Å². The third-order valence-corrected chi connectivity index (χ3v) is 11.9. The van der Waals surface area contributed by atoms with Crippen LogP contribution in [0.3, 0.4) is 0 Å². The molecule has 0 aromatic carbocycles. The number of hydrogen-bond acceptors (Lipinski definition) is 8. The summed E-state index contributed by atoms with van der Waals surface area (Å²) >= 11 is 0. The summed E-state index contributed by atoms with van der Waals surface area (Å²) in [5, 5.41) is 54.0. The van der Waals surface area contributed by atoms with Crippen LogP contribution in [-0.2, 0) is 14.3 Å². The van der Waals surface area contributed by atoms with Crippen LogP contribution in [0.15, 0.2) is 12.2 Å². The molecule has 1 rings (SSSR count). The number of hydrogen-bond donors (Lipinski definition) is 6. The van der Waals surface area contributed by atoms with Gasteiger partial charge in [0.2, 0.25) is 5.91 Å².